The first-order chi connectivity index (χ1) is 15.2. The summed E-state index contributed by atoms with van der Waals surface area (Å²) in [6.45, 7) is 5.26. The molecule has 2 aromatic rings. The SMILES string of the molecule is CCNC(=NCc1cccc(NC(=O)C2CCCO2)c1)N(C)CCOc1ccccc1. The number of carbonyl (C=O) groups is 1. The van der Waals surface area contributed by atoms with Crippen LogP contribution in [0.3, 0.4) is 0 Å². The third-order valence-corrected chi connectivity index (χ3v) is 4.96. The van der Waals surface area contributed by atoms with Gasteiger partial charge in [-0.25, -0.2) is 4.99 Å². The number of benzene rings is 2. The van der Waals surface area contributed by atoms with Crippen molar-refractivity contribution in [1.82, 2.24) is 10.2 Å². The minimum Gasteiger partial charge on any atom is -0.492 e. The number of nitrogens with zero attached hydrogens (tertiary/aromatic N) is 2. The Kier molecular flexibility index (Phi) is 8.72. The van der Waals surface area contributed by atoms with Gasteiger partial charge in [0.2, 0.25) is 0 Å². The van der Waals surface area contributed by atoms with Crippen molar-refractivity contribution in [3.8, 4) is 5.75 Å². The molecule has 0 saturated carbocycles. The largest absolute Gasteiger partial charge is 0.492 e. The van der Waals surface area contributed by atoms with E-state index in [-0.39, 0.29) is 12.0 Å². The summed E-state index contributed by atoms with van der Waals surface area (Å²) in [5, 5.41) is 6.27. The molecule has 2 N–H and O–H groups in total. The molecule has 1 aliphatic heterocycles. The number of guanidine groups is 1. The molecule has 1 atom stereocenters. The highest BCUT2D eigenvalue weighted by Crippen LogP contribution is 2.17. The Morgan fingerprint density at radius 1 is 1.23 bits per heavy atom. The van der Waals surface area contributed by atoms with E-state index >= 15 is 0 Å². The molecule has 3 rings (SSSR count). The number of para-hydroxylation sites is 1. The van der Waals surface area contributed by atoms with E-state index in [1.165, 1.54) is 0 Å². The Hall–Kier alpha value is -3.06. The fourth-order valence-corrected chi connectivity index (χ4v) is 3.31. The van der Waals surface area contributed by atoms with Crippen LogP contribution in [0.1, 0.15) is 25.3 Å². The van der Waals surface area contributed by atoms with Gasteiger partial charge in [0, 0.05) is 25.9 Å². The van der Waals surface area contributed by atoms with Crippen LogP contribution < -0.4 is 15.4 Å². The second-order valence-corrected chi connectivity index (χ2v) is 7.44. The molecule has 0 aromatic heterocycles. The van der Waals surface area contributed by atoms with E-state index in [2.05, 4.69) is 15.5 Å². The zero-order valence-electron chi connectivity index (χ0n) is 18.3. The zero-order valence-corrected chi connectivity index (χ0v) is 18.3. The molecule has 1 saturated heterocycles. The number of rotatable bonds is 9. The Balaban J connectivity index is 1.54. The first-order valence-corrected chi connectivity index (χ1v) is 10.8. The Bertz CT molecular complexity index is 851. The second-order valence-electron chi connectivity index (χ2n) is 7.44. The molecule has 1 unspecified atom stereocenters. The topological polar surface area (TPSA) is 75.2 Å². The molecule has 7 nitrogen and oxygen atoms in total. The van der Waals surface area contributed by atoms with Gasteiger partial charge in [-0.3, -0.25) is 4.79 Å². The van der Waals surface area contributed by atoms with Crippen LogP contribution in [0, 0.1) is 0 Å². The average Bonchev–Trinajstić information content (AvgIpc) is 3.33. The molecule has 0 spiro atoms. The van der Waals surface area contributed by atoms with Crippen molar-refractivity contribution in [1.29, 1.82) is 0 Å². The summed E-state index contributed by atoms with van der Waals surface area (Å²) >= 11 is 0. The molecular formula is C24H32N4O3. The highest BCUT2D eigenvalue weighted by Gasteiger charge is 2.23. The molecule has 0 bridgehead atoms. The van der Waals surface area contributed by atoms with Crippen molar-refractivity contribution in [2.75, 3.05) is 38.7 Å². The van der Waals surface area contributed by atoms with Crippen LogP contribution in [0.5, 0.6) is 5.75 Å². The Morgan fingerprint density at radius 2 is 2.06 bits per heavy atom. The number of likely N-dealkylation sites (N-methyl/N-ethyl adjacent to an activating group) is 1. The van der Waals surface area contributed by atoms with Crippen molar-refractivity contribution >= 4 is 17.6 Å². The van der Waals surface area contributed by atoms with Gasteiger partial charge in [-0.2, -0.15) is 0 Å². The molecule has 1 heterocycles. The third kappa shape index (κ3) is 7.29. The van der Waals surface area contributed by atoms with Gasteiger partial charge in [-0.15, -0.1) is 0 Å². The van der Waals surface area contributed by atoms with E-state index in [1.807, 2.05) is 68.6 Å². The van der Waals surface area contributed by atoms with Crippen molar-refractivity contribution in [3.05, 3.63) is 60.2 Å². The van der Waals surface area contributed by atoms with Crippen LogP contribution in [-0.4, -0.2) is 56.2 Å². The van der Waals surface area contributed by atoms with Gasteiger partial charge >= 0.3 is 0 Å². The lowest BCUT2D eigenvalue weighted by Crippen LogP contribution is -2.40. The van der Waals surface area contributed by atoms with Gasteiger partial charge in [0.1, 0.15) is 18.5 Å². The Labute approximate surface area is 184 Å². The van der Waals surface area contributed by atoms with Gasteiger partial charge in [0.15, 0.2) is 5.96 Å². The monoisotopic (exact) mass is 424 g/mol. The molecule has 7 heteroatoms. The summed E-state index contributed by atoms with van der Waals surface area (Å²) in [6, 6.07) is 17.6. The van der Waals surface area contributed by atoms with E-state index < -0.39 is 0 Å². The molecule has 2 aromatic carbocycles. The van der Waals surface area contributed by atoms with Gasteiger partial charge < -0.3 is 25.0 Å². The molecule has 0 aliphatic carbocycles. The normalized spacial score (nSPS) is 16.1. The van der Waals surface area contributed by atoms with Gasteiger partial charge in [-0.05, 0) is 49.6 Å². The number of hydrogen-bond donors (Lipinski definition) is 2. The van der Waals surface area contributed by atoms with Gasteiger partial charge in [0.25, 0.3) is 5.91 Å². The average molecular weight is 425 g/mol. The standard InChI is InChI=1S/C24H32N4O3/c1-3-25-24(28(2)14-16-30-21-11-5-4-6-12-21)26-18-19-9-7-10-20(17-19)27-23(29)22-13-8-15-31-22/h4-7,9-12,17,22H,3,8,13-16,18H2,1-2H3,(H,25,26)(H,27,29). The second kappa shape index (κ2) is 12.0. The zero-order chi connectivity index (χ0) is 21.9. The van der Waals surface area contributed by atoms with Gasteiger partial charge in [0.05, 0.1) is 13.1 Å². The predicted molar refractivity (Wildman–Crippen MR) is 123 cm³/mol. The van der Waals surface area contributed by atoms with Crippen LogP contribution in [0.2, 0.25) is 0 Å². The van der Waals surface area contributed by atoms with E-state index in [9.17, 15) is 4.79 Å². The highest BCUT2D eigenvalue weighted by atomic mass is 16.5. The van der Waals surface area contributed by atoms with Gasteiger partial charge in [-0.1, -0.05) is 30.3 Å². The smallest absolute Gasteiger partial charge is 0.253 e. The lowest BCUT2D eigenvalue weighted by atomic mass is 10.2. The van der Waals surface area contributed by atoms with Crippen LogP contribution >= 0.6 is 0 Å². The lowest BCUT2D eigenvalue weighted by Gasteiger charge is -2.22. The minimum atomic E-state index is -0.339. The lowest BCUT2D eigenvalue weighted by molar-refractivity contribution is -0.124. The first kappa shape index (κ1) is 22.6. The van der Waals surface area contributed by atoms with Crippen LogP contribution in [0.15, 0.2) is 59.6 Å². The number of amides is 1. The third-order valence-electron chi connectivity index (χ3n) is 4.96. The number of hydrogen-bond acceptors (Lipinski definition) is 4. The van der Waals surface area contributed by atoms with Crippen molar-refractivity contribution in [2.24, 2.45) is 4.99 Å². The summed E-state index contributed by atoms with van der Waals surface area (Å²) in [6.07, 6.45) is 1.38. The summed E-state index contributed by atoms with van der Waals surface area (Å²) < 4.78 is 11.2. The van der Waals surface area contributed by atoms with Crippen molar-refractivity contribution in [3.63, 3.8) is 0 Å². The minimum absolute atomic E-state index is 0.0790. The Morgan fingerprint density at radius 3 is 2.81 bits per heavy atom. The van der Waals surface area contributed by atoms with Crippen molar-refractivity contribution < 1.29 is 14.3 Å². The molecule has 0 radical (unpaired) electrons. The van der Waals surface area contributed by atoms with E-state index in [4.69, 9.17) is 14.5 Å². The molecular weight excluding hydrogens is 392 g/mol. The number of aliphatic imine (C=N–C) groups is 1. The first-order valence-electron chi connectivity index (χ1n) is 10.8. The summed E-state index contributed by atoms with van der Waals surface area (Å²) in [4.78, 5) is 19.1. The van der Waals surface area contributed by atoms with E-state index in [0.717, 1.165) is 42.3 Å². The number of carbonyl (C=O) groups excluding carboxylic acids is 1. The predicted octanol–water partition coefficient (Wildman–Crippen LogP) is 3.28. The number of nitrogens with one attached hydrogen (secondary N) is 2. The van der Waals surface area contributed by atoms with E-state index in [1.54, 1.807) is 0 Å². The van der Waals surface area contributed by atoms with Crippen LogP contribution in [0.4, 0.5) is 5.69 Å². The quantitative estimate of drug-likeness (QED) is 0.477. The summed E-state index contributed by atoms with van der Waals surface area (Å²) in [5.74, 6) is 1.59. The van der Waals surface area contributed by atoms with E-state index in [0.29, 0.717) is 26.3 Å². The fraction of sp³-hybridized carbons (Fsp3) is 0.417. The highest BCUT2D eigenvalue weighted by molar-refractivity contribution is 5.94. The fourth-order valence-electron chi connectivity index (χ4n) is 3.31. The maximum Gasteiger partial charge on any atom is 0.253 e. The summed E-state index contributed by atoms with van der Waals surface area (Å²) in [5.41, 5.74) is 1.79. The summed E-state index contributed by atoms with van der Waals surface area (Å²) in [7, 11) is 1.99. The molecule has 1 amide bonds. The van der Waals surface area contributed by atoms with Crippen LogP contribution in [0.25, 0.3) is 0 Å². The van der Waals surface area contributed by atoms with Crippen LogP contribution in [-0.2, 0) is 16.1 Å². The number of anilines is 1. The van der Waals surface area contributed by atoms with Crippen molar-refractivity contribution in [2.45, 2.75) is 32.4 Å². The molecule has 31 heavy (non-hydrogen) atoms. The molecule has 1 fully saturated rings. The maximum atomic E-state index is 12.3. The molecule has 166 valence electrons. The maximum absolute atomic E-state index is 12.3. The molecule has 1 aliphatic rings. The number of ether oxygens (including phenoxy) is 2.